The Morgan fingerprint density at radius 3 is 2.36 bits per heavy atom. The molecule has 0 heterocycles. The molecule has 0 saturated heterocycles. The SMILES string of the molecule is O=S(=O)(CCl)NC1(CO)CC1. The largest absolute Gasteiger partial charge is 0.394 e. The van der Waals surface area contributed by atoms with Crippen molar-refractivity contribution >= 4 is 21.6 Å². The molecule has 1 aliphatic carbocycles. The van der Waals surface area contributed by atoms with Crippen LogP contribution in [0.5, 0.6) is 0 Å². The van der Waals surface area contributed by atoms with Gasteiger partial charge in [0, 0.05) is 0 Å². The molecule has 11 heavy (non-hydrogen) atoms. The molecule has 0 amide bonds. The van der Waals surface area contributed by atoms with Gasteiger partial charge in [0.2, 0.25) is 10.0 Å². The van der Waals surface area contributed by atoms with Crippen LogP contribution >= 0.6 is 11.6 Å². The number of sulfonamides is 1. The van der Waals surface area contributed by atoms with Gasteiger partial charge in [0.15, 0.2) is 0 Å². The number of alkyl halides is 1. The zero-order valence-corrected chi connectivity index (χ0v) is 7.45. The highest BCUT2D eigenvalue weighted by Gasteiger charge is 2.44. The van der Waals surface area contributed by atoms with Crippen LogP contribution in [0.4, 0.5) is 0 Å². The van der Waals surface area contributed by atoms with Gasteiger partial charge in [0.05, 0.1) is 12.1 Å². The van der Waals surface area contributed by atoms with Crippen LogP contribution in [0.3, 0.4) is 0 Å². The Hall–Kier alpha value is 0.160. The first-order valence-electron chi connectivity index (χ1n) is 3.22. The molecule has 66 valence electrons. The molecular weight excluding hydrogens is 190 g/mol. The van der Waals surface area contributed by atoms with E-state index < -0.39 is 20.8 Å². The molecule has 0 radical (unpaired) electrons. The van der Waals surface area contributed by atoms with Crippen molar-refractivity contribution in [3.63, 3.8) is 0 Å². The van der Waals surface area contributed by atoms with Gasteiger partial charge in [-0.2, -0.15) is 0 Å². The van der Waals surface area contributed by atoms with E-state index in [-0.39, 0.29) is 6.61 Å². The minimum atomic E-state index is -3.37. The van der Waals surface area contributed by atoms with Gasteiger partial charge in [0.25, 0.3) is 0 Å². The Kier molecular flexibility index (Phi) is 2.43. The first-order chi connectivity index (χ1) is 5.04. The third kappa shape index (κ3) is 2.30. The van der Waals surface area contributed by atoms with Gasteiger partial charge in [0.1, 0.15) is 5.21 Å². The monoisotopic (exact) mass is 199 g/mol. The molecule has 1 saturated carbocycles. The lowest BCUT2D eigenvalue weighted by molar-refractivity contribution is 0.246. The van der Waals surface area contributed by atoms with Crippen molar-refractivity contribution in [3.05, 3.63) is 0 Å². The second-order valence-electron chi connectivity index (χ2n) is 2.76. The van der Waals surface area contributed by atoms with Crippen LogP contribution in [0.1, 0.15) is 12.8 Å². The Morgan fingerprint density at radius 2 is 2.09 bits per heavy atom. The lowest BCUT2D eigenvalue weighted by Gasteiger charge is -2.12. The van der Waals surface area contributed by atoms with Gasteiger partial charge in [-0.25, -0.2) is 13.1 Å². The number of nitrogens with one attached hydrogen (secondary N) is 1. The van der Waals surface area contributed by atoms with Crippen LogP contribution in [0.15, 0.2) is 0 Å². The number of rotatable bonds is 4. The van der Waals surface area contributed by atoms with Crippen molar-refractivity contribution in [1.29, 1.82) is 0 Å². The smallest absolute Gasteiger partial charge is 0.226 e. The number of hydrogen-bond donors (Lipinski definition) is 2. The Labute approximate surface area is 70.6 Å². The summed E-state index contributed by atoms with van der Waals surface area (Å²) in [6, 6.07) is 0. The fraction of sp³-hybridized carbons (Fsp3) is 1.00. The molecule has 0 aromatic rings. The van der Waals surface area contributed by atoms with E-state index in [4.69, 9.17) is 16.7 Å². The summed E-state index contributed by atoms with van der Waals surface area (Å²) in [7, 11) is -3.37. The van der Waals surface area contributed by atoms with Crippen LogP contribution in [0.2, 0.25) is 0 Å². The summed E-state index contributed by atoms with van der Waals surface area (Å²) in [4.78, 5) is 0. The van der Waals surface area contributed by atoms with Crippen LogP contribution in [0.25, 0.3) is 0 Å². The molecule has 0 aliphatic heterocycles. The van der Waals surface area contributed by atoms with Gasteiger partial charge in [-0.05, 0) is 12.8 Å². The first-order valence-corrected chi connectivity index (χ1v) is 5.41. The molecule has 1 aliphatic rings. The third-order valence-corrected chi connectivity index (χ3v) is 3.57. The zero-order valence-electron chi connectivity index (χ0n) is 5.88. The summed E-state index contributed by atoms with van der Waals surface area (Å²) >= 11 is 5.15. The summed E-state index contributed by atoms with van der Waals surface area (Å²) < 4.78 is 24.1. The normalized spacial score (nSPS) is 21.6. The molecule has 4 nitrogen and oxygen atoms in total. The van der Waals surface area contributed by atoms with Crippen molar-refractivity contribution in [2.75, 3.05) is 11.8 Å². The van der Waals surface area contributed by atoms with Crippen LogP contribution in [0, 0.1) is 0 Å². The van der Waals surface area contributed by atoms with Gasteiger partial charge >= 0.3 is 0 Å². The maximum Gasteiger partial charge on any atom is 0.226 e. The van der Waals surface area contributed by atoms with Crippen molar-refractivity contribution in [3.8, 4) is 0 Å². The molecule has 0 bridgehead atoms. The highest BCUT2D eigenvalue weighted by atomic mass is 35.5. The standard InChI is InChI=1S/C5H10ClNO3S/c6-4-11(9,10)7-5(3-8)1-2-5/h7-8H,1-4H2. The number of hydrogen-bond acceptors (Lipinski definition) is 3. The first kappa shape index (κ1) is 9.25. The van der Waals surface area contributed by atoms with Gasteiger partial charge in [-0.3, -0.25) is 0 Å². The summed E-state index contributed by atoms with van der Waals surface area (Å²) in [6.07, 6.45) is 1.39. The molecule has 1 rings (SSSR count). The van der Waals surface area contributed by atoms with Gasteiger partial charge < -0.3 is 5.11 Å². The molecular formula is C5H10ClNO3S. The van der Waals surface area contributed by atoms with Crippen molar-refractivity contribution in [1.82, 2.24) is 4.72 Å². The minimum absolute atomic E-state index is 0.150. The predicted molar refractivity (Wildman–Crippen MR) is 41.8 cm³/mol. The van der Waals surface area contributed by atoms with Crippen LogP contribution in [-0.4, -0.2) is 30.9 Å². The Balaban J connectivity index is 2.55. The van der Waals surface area contributed by atoms with E-state index in [9.17, 15) is 8.42 Å². The van der Waals surface area contributed by atoms with Crippen molar-refractivity contribution < 1.29 is 13.5 Å². The quantitative estimate of drug-likeness (QED) is 0.607. The zero-order chi connectivity index (χ0) is 8.54. The third-order valence-electron chi connectivity index (χ3n) is 1.67. The average Bonchev–Trinajstić information content (AvgIpc) is 2.69. The number of aliphatic hydroxyl groups is 1. The maximum absolute atomic E-state index is 10.9. The van der Waals surface area contributed by atoms with E-state index >= 15 is 0 Å². The van der Waals surface area contributed by atoms with E-state index in [0.29, 0.717) is 12.8 Å². The Bertz CT molecular complexity index is 234. The van der Waals surface area contributed by atoms with Gasteiger partial charge in [-0.1, -0.05) is 0 Å². The van der Waals surface area contributed by atoms with E-state index in [1.54, 1.807) is 0 Å². The van der Waals surface area contributed by atoms with E-state index in [2.05, 4.69) is 4.72 Å². The summed E-state index contributed by atoms with van der Waals surface area (Å²) in [5, 5.41) is 8.30. The summed E-state index contributed by atoms with van der Waals surface area (Å²) in [5.41, 5.74) is -0.590. The molecule has 0 atom stereocenters. The summed E-state index contributed by atoms with van der Waals surface area (Å²) in [6.45, 7) is -0.150. The number of aliphatic hydroxyl groups excluding tert-OH is 1. The second kappa shape index (κ2) is 2.90. The van der Waals surface area contributed by atoms with Crippen LogP contribution in [-0.2, 0) is 10.0 Å². The van der Waals surface area contributed by atoms with E-state index in [0.717, 1.165) is 0 Å². The molecule has 2 N–H and O–H groups in total. The lowest BCUT2D eigenvalue weighted by atomic mass is 10.3. The van der Waals surface area contributed by atoms with E-state index in [1.807, 2.05) is 0 Å². The maximum atomic E-state index is 10.9. The molecule has 1 fully saturated rings. The van der Waals surface area contributed by atoms with Crippen LogP contribution < -0.4 is 4.72 Å². The fourth-order valence-electron chi connectivity index (χ4n) is 0.800. The highest BCUT2D eigenvalue weighted by molar-refractivity contribution is 7.90. The second-order valence-corrected chi connectivity index (χ2v) is 5.07. The number of halogens is 1. The van der Waals surface area contributed by atoms with E-state index in [1.165, 1.54) is 0 Å². The topological polar surface area (TPSA) is 66.4 Å². The molecule has 0 aromatic heterocycles. The molecule has 0 aromatic carbocycles. The van der Waals surface area contributed by atoms with Crippen molar-refractivity contribution in [2.24, 2.45) is 0 Å². The lowest BCUT2D eigenvalue weighted by Crippen LogP contribution is -2.39. The Morgan fingerprint density at radius 1 is 1.55 bits per heavy atom. The molecule has 0 unspecified atom stereocenters. The van der Waals surface area contributed by atoms with Crippen molar-refractivity contribution in [2.45, 2.75) is 18.4 Å². The van der Waals surface area contributed by atoms with Gasteiger partial charge in [-0.15, -0.1) is 11.6 Å². The minimum Gasteiger partial charge on any atom is -0.394 e. The highest BCUT2D eigenvalue weighted by Crippen LogP contribution is 2.35. The average molecular weight is 200 g/mol. The predicted octanol–water partition coefficient (Wildman–Crippen LogP) is -0.373. The molecule has 0 spiro atoms. The molecule has 6 heteroatoms. The summed E-state index contributed by atoms with van der Waals surface area (Å²) in [5.74, 6) is 0. The fourth-order valence-corrected chi connectivity index (χ4v) is 1.95.